The van der Waals surface area contributed by atoms with E-state index in [1.165, 1.54) is 199 Å². The monoisotopic (exact) mass is 1180 g/mol. The smallest absolute Gasteiger partial charge is 0.333 e. The Hall–Kier alpha value is -1.45. The molecule has 0 aliphatic carbocycles. The van der Waals surface area contributed by atoms with Crippen molar-refractivity contribution in [2.45, 2.75) is 353 Å². The number of rotatable bonds is 53. The van der Waals surface area contributed by atoms with Gasteiger partial charge in [-0.05, 0) is 43.9 Å². The first-order valence-corrected chi connectivity index (χ1v) is 33.6. The molecule has 2 aliphatic rings. The second-order valence-electron chi connectivity index (χ2n) is 24.4. The number of aliphatic hydroxyl groups is 5. The molecular weight excluding hydrogens is 1060 g/mol. The van der Waals surface area contributed by atoms with Crippen LogP contribution in [0.25, 0.3) is 0 Å². The molecule has 0 saturated carbocycles. The van der Waals surface area contributed by atoms with Crippen LogP contribution in [0.15, 0.2) is 11.6 Å². The Kier molecular flexibility index (Phi) is 46.4. The Morgan fingerprint density at radius 1 is 0.506 bits per heavy atom. The van der Waals surface area contributed by atoms with Crippen LogP contribution in [-0.4, -0.2) is 117 Å². The summed E-state index contributed by atoms with van der Waals surface area (Å²) < 4.78 is 39.5. The number of esters is 2. The van der Waals surface area contributed by atoms with E-state index in [1.807, 2.05) is 6.08 Å². The SMILES string of the molecule is CCCCCCCCCCCCCCCCCCCCCCCC(=O)OC1C(OC2OC(CO)C(O)C(O)C2OSOOO)OC(CO)C(O)C1OC(=O)/C(C)=C/[C@@H](C)C[C@@H](C)C[C@@H](C)CCCCCCCCCCCCCCCC. The van der Waals surface area contributed by atoms with Crippen LogP contribution >= 0.6 is 12.3 Å². The molecule has 0 aromatic heterocycles. The summed E-state index contributed by atoms with van der Waals surface area (Å²) in [5.74, 6) is -0.435. The molecule has 2 saturated heterocycles. The van der Waals surface area contributed by atoms with E-state index in [9.17, 15) is 35.1 Å². The molecule has 2 heterocycles. The highest BCUT2D eigenvalue weighted by Crippen LogP contribution is 2.34. The summed E-state index contributed by atoms with van der Waals surface area (Å²) in [6.07, 6.45) is 33.5. The summed E-state index contributed by atoms with van der Waals surface area (Å²) in [5, 5.41) is 65.9. The molecule has 2 aliphatic heterocycles. The zero-order valence-corrected chi connectivity index (χ0v) is 52.6. The molecule has 0 spiro atoms. The lowest BCUT2D eigenvalue weighted by Gasteiger charge is -2.46. The fourth-order valence-electron chi connectivity index (χ4n) is 11.8. The van der Waals surface area contributed by atoms with Crippen LogP contribution in [-0.2, 0) is 46.8 Å². The van der Waals surface area contributed by atoms with Gasteiger partial charge in [-0.3, -0.25) is 8.98 Å². The Balaban J connectivity index is 1.96. The van der Waals surface area contributed by atoms with Crippen molar-refractivity contribution < 1.29 is 77.6 Å². The van der Waals surface area contributed by atoms with E-state index >= 15 is 0 Å². The Bertz CT molecular complexity index is 1530. The molecule has 0 amide bonds. The fourth-order valence-corrected chi connectivity index (χ4v) is 12.2. The van der Waals surface area contributed by atoms with Gasteiger partial charge in [0, 0.05) is 12.0 Å². The minimum absolute atomic E-state index is 0.00738. The van der Waals surface area contributed by atoms with Crippen LogP contribution in [0.3, 0.4) is 0 Å². The quantitative estimate of drug-likeness (QED) is 0.00831. The van der Waals surface area contributed by atoms with Crippen LogP contribution in [0.4, 0.5) is 0 Å². The highest BCUT2D eigenvalue weighted by Gasteiger charge is 2.54. The van der Waals surface area contributed by atoms with Crippen LogP contribution in [0.2, 0.25) is 0 Å². The Labute approximate surface area is 495 Å². The zero-order valence-electron chi connectivity index (χ0n) is 51.7. The minimum atomic E-state index is -1.77. The molecule has 0 aromatic carbocycles. The molecule has 10 unspecified atom stereocenters. The number of hydrogen-bond donors (Lipinski definition) is 6. The van der Waals surface area contributed by atoms with E-state index in [0.717, 1.165) is 38.5 Å². The van der Waals surface area contributed by atoms with E-state index in [1.54, 1.807) is 6.92 Å². The maximum Gasteiger partial charge on any atom is 0.333 e. The third kappa shape index (κ3) is 35.1. The lowest BCUT2D eigenvalue weighted by atomic mass is 9.86. The van der Waals surface area contributed by atoms with Gasteiger partial charge in [-0.2, -0.15) is 0 Å². The Morgan fingerprint density at radius 2 is 0.914 bits per heavy atom. The molecule has 13 atom stereocenters. The minimum Gasteiger partial charge on any atom is -0.453 e. The fraction of sp³-hybridized carbons (Fsp3) is 0.938. The summed E-state index contributed by atoms with van der Waals surface area (Å²) in [7, 11) is 0. The normalized spacial score (nSPS) is 24.5. The number of carbonyl (C=O) groups excluding carboxylic acids is 2. The van der Waals surface area contributed by atoms with Gasteiger partial charge in [0.1, 0.15) is 30.5 Å². The molecule has 0 aromatic rings. The summed E-state index contributed by atoms with van der Waals surface area (Å²) in [5.41, 5.74) is 0.279. The third-order valence-corrected chi connectivity index (χ3v) is 17.0. The molecule has 478 valence electrons. The first kappa shape index (κ1) is 75.6. The molecule has 0 bridgehead atoms. The maximum absolute atomic E-state index is 14.0. The average Bonchev–Trinajstić information content (AvgIpc) is 3.47. The largest absolute Gasteiger partial charge is 0.453 e. The van der Waals surface area contributed by atoms with E-state index in [0.29, 0.717) is 18.3 Å². The highest BCUT2D eigenvalue weighted by atomic mass is 32.2. The average molecular weight is 1180 g/mol. The Morgan fingerprint density at radius 3 is 1.35 bits per heavy atom. The number of allylic oxidation sites excluding steroid dienone is 1. The molecule has 16 nitrogen and oxygen atoms in total. The number of ether oxygens (including phenoxy) is 5. The van der Waals surface area contributed by atoms with Gasteiger partial charge >= 0.3 is 11.9 Å². The molecule has 2 rings (SSSR count). The van der Waals surface area contributed by atoms with Crippen molar-refractivity contribution >= 4 is 24.3 Å². The van der Waals surface area contributed by atoms with Gasteiger partial charge in [-0.25, -0.2) is 10.1 Å². The van der Waals surface area contributed by atoms with Gasteiger partial charge in [-0.15, -0.1) is 4.33 Å². The first-order valence-electron chi connectivity index (χ1n) is 32.9. The molecule has 81 heavy (non-hydrogen) atoms. The molecule has 0 radical (unpaired) electrons. The van der Waals surface area contributed by atoms with E-state index in [-0.39, 0.29) is 30.2 Å². The van der Waals surface area contributed by atoms with E-state index in [2.05, 4.69) is 44.0 Å². The topological polar surface area (TPSA) is 229 Å². The lowest BCUT2D eigenvalue weighted by Crippen LogP contribution is -2.65. The van der Waals surface area contributed by atoms with Gasteiger partial charge < -0.3 is 49.2 Å². The molecule has 6 N–H and O–H groups in total. The summed E-state index contributed by atoms with van der Waals surface area (Å²) in [4.78, 5) is 27.6. The van der Waals surface area contributed by atoms with Crippen LogP contribution in [0, 0.1) is 17.8 Å². The molecule has 2 fully saturated rings. The van der Waals surface area contributed by atoms with Crippen molar-refractivity contribution in [1.29, 1.82) is 0 Å². The van der Waals surface area contributed by atoms with Crippen molar-refractivity contribution in [3.8, 4) is 0 Å². The number of carbonyl (C=O) groups is 2. The summed E-state index contributed by atoms with van der Waals surface area (Å²) >= 11 is 0.0676. The van der Waals surface area contributed by atoms with Crippen molar-refractivity contribution in [2.24, 2.45) is 17.8 Å². The lowest BCUT2D eigenvalue weighted by molar-refractivity contribution is -0.435. The van der Waals surface area contributed by atoms with Gasteiger partial charge in [0.25, 0.3) is 0 Å². The van der Waals surface area contributed by atoms with Crippen molar-refractivity contribution in [3.05, 3.63) is 11.6 Å². The molecule has 17 heteroatoms. The van der Waals surface area contributed by atoms with Gasteiger partial charge in [-0.1, -0.05) is 270 Å². The van der Waals surface area contributed by atoms with E-state index < -0.39 is 86.6 Å². The van der Waals surface area contributed by atoms with Crippen molar-refractivity contribution in [1.82, 2.24) is 0 Å². The molecular formula is C64H120O16S. The predicted octanol–water partition coefficient (Wildman–Crippen LogP) is 14.8. The van der Waals surface area contributed by atoms with Crippen molar-refractivity contribution in [2.75, 3.05) is 13.2 Å². The second-order valence-corrected chi connectivity index (χ2v) is 24.8. The van der Waals surface area contributed by atoms with Crippen LogP contribution in [0.1, 0.15) is 292 Å². The van der Waals surface area contributed by atoms with Gasteiger partial charge in [0.05, 0.1) is 13.2 Å². The van der Waals surface area contributed by atoms with E-state index in [4.69, 9.17) is 33.1 Å². The van der Waals surface area contributed by atoms with Gasteiger partial charge in [0.2, 0.25) is 6.29 Å². The van der Waals surface area contributed by atoms with Crippen LogP contribution in [0.5, 0.6) is 0 Å². The van der Waals surface area contributed by atoms with Gasteiger partial charge in [0.15, 0.2) is 36.9 Å². The van der Waals surface area contributed by atoms with Crippen LogP contribution < -0.4 is 0 Å². The number of unbranched alkanes of at least 4 members (excludes halogenated alkanes) is 33. The number of hydrogen-bond acceptors (Lipinski definition) is 17. The van der Waals surface area contributed by atoms with Crippen molar-refractivity contribution in [3.63, 3.8) is 0 Å². The third-order valence-electron chi connectivity index (χ3n) is 16.6. The predicted molar refractivity (Wildman–Crippen MR) is 320 cm³/mol. The summed E-state index contributed by atoms with van der Waals surface area (Å²) in [6, 6.07) is 0. The zero-order chi connectivity index (χ0) is 59.3. The maximum atomic E-state index is 14.0. The second kappa shape index (κ2) is 49.6. The standard InChI is InChI=1S/C64H120O16S/c1-7-9-11-13-15-17-19-21-23-24-25-26-27-28-29-31-33-35-37-39-41-43-55(67)75-61-59(57(69)54(48-66)74-64(61)77-63-60(78-81-80-79-72)58(70)56(68)53(47-65)73-63)76-62(71)52(6)46-51(5)45-50(4)44-49(3)42-40-38-36-34-32-30-22-20-18-16-14-12-10-8-2/h46,49-51,53-54,56-61,63-66,68-70,72H,7-45,47-48H2,1-6H3/b52-46+/t49-,50-,51-,53?,54?,56?,57?,58?,59?,60?,61?,63?,64?/m0/s1. The highest BCUT2D eigenvalue weighted by molar-refractivity contribution is 7.89. The summed E-state index contributed by atoms with van der Waals surface area (Å²) in [6.45, 7) is 11.3. The first-order chi connectivity index (χ1) is 39.3. The number of aliphatic hydroxyl groups excluding tert-OH is 5.